The molecule has 0 aliphatic carbocycles. The summed E-state index contributed by atoms with van der Waals surface area (Å²) in [7, 11) is 1.23. The Morgan fingerprint density at radius 2 is 1.96 bits per heavy atom. The van der Waals surface area contributed by atoms with E-state index in [4.69, 9.17) is 4.74 Å². The van der Waals surface area contributed by atoms with E-state index in [0.717, 1.165) is 0 Å². The molecule has 10 heteroatoms. The number of esters is 1. The van der Waals surface area contributed by atoms with Crippen LogP contribution in [-0.4, -0.2) is 65.4 Å². The minimum atomic E-state index is -0.630. The first-order valence-electron chi connectivity index (χ1n) is 8.47. The molecule has 150 valence electrons. The SMILES string of the molecule is COC(=O)CN(CCNC(=O)OC(C)(C)C)C(=O)CCc1ccc(=O)[nH]n1. The minimum Gasteiger partial charge on any atom is -0.468 e. The van der Waals surface area contributed by atoms with Crippen LogP contribution in [0.5, 0.6) is 0 Å². The second kappa shape index (κ2) is 10.3. The fraction of sp³-hybridized carbons (Fsp3) is 0.588. The van der Waals surface area contributed by atoms with E-state index in [2.05, 4.69) is 20.3 Å². The van der Waals surface area contributed by atoms with Gasteiger partial charge in [-0.1, -0.05) is 0 Å². The molecule has 0 aliphatic heterocycles. The molecule has 0 atom stereocenters. The van der Waals surface area contributed by atoms with Crippen LogP contribution in [0.4, 0.5) is 4.79 Å². The molecule has 0 unspecified atom stereocenters. The van der Waals surface area contributed by atoms with Gasteiger partial charge in [-0.15, -0.1) is 0 Å². The molecule has 0 aromatic carbocycles. The predicted molar refractivity (Wildman–Crippen MR) is 96.0 cm³/mol. The number of alkyl carbamates (subject to hydrolysis) is 1. The molecule has 0 aliphatic rings. The largest absolute Gasteiger partial charge is 0.468 e. The summed E-state index contributed by atoms with van der Waals surface area (Å²) in [5.41, 5.74) is -0.409. The van der Waals surface area contributed by atoms with Crippen molar-refractivity contribution in [2.24, 2.45) is 0 Å². The number of rotatable bonds is 8. The molecule has 0 bridgehead atoms. The van der Waals surface area contributed by atoms with Gasteiger partial charge >= 0.3 is 12.1 Å². The zero-order valence-electron chi connectivity index (χ0n) is 16.0. The zero-order valence-corrected chi connectivity index (χ0v) is 16.0. The molecule has 1 heterocycles. The van der Waals surface area contributed by atoms with Crippen LogP contribution in [0.3, 0.4) is 0 Å². The van der Waals surface area contributed by atoms with Gasteiger partial charge in [0.05, 0.1) is 12.8 Å². The highest BCUT2D eigenvalue weighted by Gasteiger charge is 2.19. The van der Waals surface area contributed by atoms with Crippen LogP contribution in [-0.2, 0) is 25.5 Å². The fourth-order valence-electron chi connectivity index (χ4n) is 2.03. The van der Waals surface area contributed by atoms with Gasteiger partial charge < -0.3 is 19.7 Å². The molecule has 2 amide bonds. The lowest BCUT2D eigenvalue weighted by Crippen LogP contribution is -2.42. The molecule has 1 rings (SSSR count). The molecular formula is C17H26N4O6. The number of carbonyl (C=O) groups excluding carboxylic acids is 3. The highest BCUT2D eigenvalue weighted by atomic mass is 16.6. The van der Waals surface area contributed by atoms with Gasteiger partial charge in [-0.2, -0.15) is 5.10 Å². The lowest BCUT2D eigenvalue weighted by Gasteiger charge is -2.23. The number of nitrogens with zero attached hydrogens (tertiary/aromatic N) is 2. The minimum absolute atomic E-state index is 0.0858. The molecule has 0 saturated heterocycles. The van der Waals surface area contributed by atoms with Crippen molar-refractivity contribution in [3.8, 4) is 0 Å². The van der Waals surface area contributed by atoms with Crippen LogP contribution in [0.1, 0.15) is 32.9 Å². The third kappa shape index (κ3) is 9.38. The van der Waals surface area contributed by atoms with Crippen molar-refractivity contribution in [2.45, 2.75) is 39.2 Å². The van der Waals surface area contributed by atoms with E-state index in [-0.39, 0.29) is 37.5 Å². The van der Waals surface area contributed by atoms with Gasteiger partial charge in [-0.25, -0.2) is 9.89 Å². The number of methoxy groups -OCH3 is 1. The molecule has 0 spiro atoms. The maximum Gasteiger partial charge on any atom is 0.407 e. The van der Waals surface area contributed by atoms with Crippen LogP contribution in [0.2, 0.25) is 0 Å². The second-order valence-electron chi connectivity index (χ2n) is 6.73. The lowest BCUT2D eigenvalue weighted by molar-refractivity contribution is -0.147. The lowest BCUT2D eigenvalue weighted by atomic mass is 10.2. The fourth-order valence-corrected chi connectivity index (χ4v) is 2.03. The average Bonchev–Trinajstić information content (AvgIpc) is 2.58. The molecule has 0 fully saturated rings. The van der Waals surface area contributed by atoms with Crippen molar-refractivity contribution < 1.29 is 23.9 Å². The number of nitrogens with one attached hydrogen (secondary N) is 2. The van der Waals surface area contributed by atoms with E-state index in [1.165, 1.54) is 24.1 Å². The van der Waals surface area contributed by atoms with Gasteiger partial charge in [-0.3, -0.25) is 14.4 Å². The standard InChI is InChI=1S/C17H26N4O6/c1-17(2,3)27-16(25)18-9-10-21(11-15(24)26-4)14(23)8-6-12-5-7-13(22)20-19-12/h5,7H,6,8-11H2,1-4H3,(H,18,25)(H,20,22). The molecule has 27 heavy (non-hydrogen) atoms. The Balaban J connectivity index is 2.57. The number of aryl methyl sites for hydroxylation is 1. The van der Waals surface area contributed by atoms with Crippen LogP contribution in [0, 0.1) is 0 Å². The Morgan fingerprint density at radius 3 is 2.52 bits per heavy atom. The van der Waals surface area contributed by atoms with Gasteiger partial charge in [-0.05, 0) is 26.8 Å². The van der Waals surface area contributed by atoms with Gasteiger partial charge in [0.25, 0.3) is 5.56 Å². The number of aromatic nitrogens is 2. The number of carbonyl (C=O) groups is 3. The van der Waals surface area contributed by atoms with E-state index in [9.17, 15) is 19.2 Å². The number of ether oxygens (including phenoxy) is 2. The van der Waals surface area contributed by atoms with Crippen molar-refractivity contribution in [3.05, 3.63) is 28.2 Å². The Hall–Kier alpha value is -2.91. The maximum absolute atomic E-state index is 12.4. The van der Waals surface area contributed by atoms with E-state index < -0.39 is 17.7 Å². The molecule has 1 aromatic rings. The van der Waals surface area contributed by atoms with E-state index in [0.29, 0.717) is 12.1 Å². The van der Waals surface area contributed by atoms with Crippen LogP contribution in [0.25, 0.3) is 0 Å². The number of hydrogen-bond acceptors (Lipinski definition) is 7. The molecule has 10 nitrogen and oxygen atoms in total. The molecule has 1 aromatic heterocycles. The molecule has 2 N–H and O–H groups in total. The monoisotopic (exact) mass is 382 g/mol. The third-order valence-electron chi connectivity index (χ3n) is 3.28. The summed E-state index contributed by atoms with van der Waals surface area (Å²) in [6.07, 6.45) is -0.222. The summed E-state index contributed by atoms with van der Waals surface area (Å²) in [5, 5.41) is 8.66. The Bertz CT molecular complexity index is 690. The predicted octanol–water partition coefficient (Wildman–Crippen LogP) is 0.229. The normalized spacial score (nSPS) is 10.8. The van der Waals surface area contributed by atoms with Crippen molar-refractivity contribution in [1.29, 1.82) is 0 Å². The summed E-state index contributed by atoms with van der Waals surface area (Å²) in [4.78, 5) is 47.9. The number of amides is 2. The first kappa shape index (κ1) is 22.1. The smallest absolute Gasteiger partial charge is 0.407 e. The van der Waals surface area contributed by atoms with E-state index in [1.807, 2.05) is 0 Å². The summed E-state index contributed by atoms with van der Waals surface area (Å²) in [6, 6.07) is 2.85. The summed E-state index contributed by atoms with van der Waals surface area (Å²) in [6.45, 7) is 5.23. The van der Waals surface area contributed by atoms with Crippen molar-refractivity contribution in [3.63, 3.8) is 0 Å². The van der Waals surface area contributed by atoms with Crippen molar-refractivity contribution in [1.82, 2.24) is 20.4 Å². The topological polar surface area (TPSA) is 131 Å². The third-order valence-corrected chi connectivity index (χ3v) is 3.28. The summed E-state index contributed by atoms with van der Waals surface area (Å²) in [5.74, 6) is -0.873. The molecular weight excluding hydrogens is 356 g/mol. The maximum atomic E-state index is 12.4. The van der Waals surface area contributed by atoms with Gasteiger partial charge in [0.15, 0.2) is 0 Å². The van der Waals surface area contributed by atoms with Crippen LogP contribution in [0.15, 0.2) is 16.9 Å². The van der Waals surface area contributed by atoms with Crippen molar-refractivity contribution in [2.75, 3.05) is 26.7 Å². The second-order valence-corrected chi connectivity index (χ2v) is 6.73. The summed E-state index contributed by atoms with van der Waals surface area (Å²) < 4.78 is 9.72. The summed E-state index contributed by atoms with van der Waals surface area (Å²) >= 11 is 0. The van der Waals surface area contributed by atoms with Gasteiger partial charge in [0.1, 0.15) is 12.1 Å². The first-order chi connectivity index (χ1) is 12.6. The van der Waals surface area contributed by atoms with E-state index >= 15 is 0 Å². The zero-order chi connectivity index (χ0) is 20.4. The molecule has 0 radical (unpaired) electrons. The number of hydrogen-bond donors (Lipinski definition) is 2. The number of aromatic amines is 1. The van der Waals surface area contributed by atoms with E-state index in [1.54, 1.807) is 20.8 Å². The quantitative estimate of drug-likeness (QED) is 0.615. The first-order valence-corrected chi connectivity index (χ1v) is 8.47. The van der Waals surface area contributed by atoms with Crippen molar-refractivity contribution >= 4 is 18.0 Å². The Kier molecular flexibility index (Phi) is 8.43. The highest BCUT2D eigenvalue weighted by molar-refractivity contribution is 5.82. The molecule has 0 saturated carbocycles. The highest BCUT2D eigenvalue weighted by Crippen LogP contribution is 2.06. The van der Waals surface area contributed by atoms with Crippen LogP contribution < -0.4 is 10.9 Å². The van der Waals surface area contributed by atoms with Gasteiger partial charge in [0.2, 0.25) is 5.91 Å². The van der Waals surface area contributed by atoms with Crippen LogP contribution >= 0.6 is 0 Å². The average molecular weight is 382 g/mol. The Labute approximate surface area is 157 Å². The number of H-pyrrole nitrogens is 1. The Morgan fingerprint density at radius 1 is 1.26 bits per heavy atom. The van der Waals surface area contributed by atoms with Gasteiger partial charge in [0, 0.05) is 32.0 Å².